The van der Waals surface area contributed by atoms with Crippen LogP contribution in [0.2, 0.25) is 0 Å². The molecule has 12 nitrogen and oxygen atoms in total. The molecule has 1 aromatic carbocycles. The second-order valence-corrected chi connectivity index (χ2v) is 16.4. The molecule has 5 saturated carbocycles. The Morgan fingerprint density at radius 3 is 1.98 bits per heavy atom. The zero-order chi connectivity index (χ0) is 36.6. The molecule has 2 aliphatic heterocycles. The number of rotatable bonds is 11. The van der Waals surface area contributed by atoms with E-state index in [-0.39, 0.29) is 52.6 Å². The van der Waals surface area contributed by atoms with Crippen LogP contribution in [0, 0.1) is 40.7 Å². The number of anilines is 4. The summed E-state index contributed by atoms with van der Waals surface area (Å²) in [5.41, 5.74) is 0.173. The average Bonchev–Trinajstić information content (AvgIpc) is 3.88. The predicted octanol–water partition coefficient (Wildman–Crippen LogP) is 7.23. The number of aromatic nitrogens is 4. The summed E-state index contributed by atoms with van der Waals surface area (Å²) in [6.07, 6.45) is 11.7. The lowest BCUT2D eigenvalue weighted by Crippen LogP contribution is -2.64. The summed E-state index contributed by atoms with van der Waals surface area (Å²) in [5, 5.41) is 11.7. The quantitative estimate of drug-likeness (QED) is 0.209. The topological polar surface area (TPSA) is 119 Å². The minimum Gasteiger partial charge on any atom is -0.465 e. The van der Waals surface area contributed by atoms with Crippen LogP contribution >= 0.6 is 0 Å². The van der Waals surface area contributed by atoms with E-state index in [2.05, 4.69) is 20.7 Å². The van der Waals surface area contributed by atoms with E-state index in [0.29, 0.717) is 66.9 Å². The van der Waals surface area contributed by atoms with Gasteiger partial charge in [0.2, 0.25) is 0 Å². The molecular weight excluding hydrogens is 682 g/mol. The average molecular weight is 733 g/mol. The second-order valence-electron chi connectivity index (χ2n) is 16.4. The zero-order valence-electron chi connectivity index (χ0n) is 30.9. The molecule has 3 aromatic rings. The van der Waals surface area contributed by atoms with E-state index in [4.69, 9.17) is 19.4 Å². The Morgan fingerprint density at radius 2 is 1.38 bits per heavy atom. The van der Waals surface area contributed by atoms with Crippen molar-refractivity contribution in [1.82, 2.24) is 19.1 Å². The Balaban J connectivity index is 1.26. The third kappa shape index (κ3) is 5.56. The fourth-order valence-corrected chi connectivity index (χ4v) is 11.1. The van der Waals surface area contributed by atoms with Gasteiger partial charge in [0, 0.05) is 24.6 Å². The number of nitrogens with one attached hydrogen (secondary N) is 2. The molecule has 4 bridgehead atoms. The monoisotopic (exact) mass is 732 g/mol. The van der Waals surface area contributed by atoms with E-state index >= 15 is 0 Å². The van der Waals surface area contributed by atoms with Crippen LogP contribution in [0.25, 0.3) is 0 Å². The molecule has 14 heteroatoms. The first kappa shape index (κ1) is 34.4. The van der Waals surface area contributed by atoms with E-state index in [1.165, 1.54) is 29.9 Å². The van der Waals surface area contributed by atoms with Gasteiger partial charge in [-0.2, -0.15) is 9.97 Å². The van der Waals surface area contributed by atoms with Crippen LogP contribution in [-0.4, -0.2) is 38.0 Å². The molecule has 5 aliphatic carbocycles. The molecule has 0 radical (unpaired) electrons. The number of fused-ring (bicyclic) bond motifs is 2. The molecule has 5 fully saturated rings. The zero-order valence-corrected chi connectivity index (χ0v) is 30.9. The molecule has 7 aliphatic rings. The summed E-state index contributed by atoms with van der Waals surface area (Å²) in [7, 11) is 0. The van der Waals surface area contributed by atoms with Crippen LogP contribution in [0.1, 0.15) is 97.8 Å². The van der Waals surface area contributed by atoms with Gasteiger partial charge in [-0.05, 0) is 107 Å². The standard InChI is InChI=1S/C39H50F2N8O4/c1-4-13-46-34(50)29-32(44-37(46)52-6-3)48(31(42-29)25-9-7-8-10-25)49-33-30(43-36(49)39-19-22-15-23(20-39)17-24(16-22)21-39)35(51)47(14-5-2)38(45-33)53-26-11-12-27(40)28(41)18-26/h11-12,18,22-25,31,36,42-43H,4-10,13-17,19-21H2,1-3H3. The van der Waals surface area contributed by atoms with Gasteiger partial charge in [-0.1, -0.05) is 26.7 Å². The third-order valence-corrected chi connectivity index (χ3v) is 12.8. The number of benzene rings is 1. The van der Waals surface area contributed by atoms with Crippen molar-refractivity contribution in [2.75, 3.05) is 27.3 Å². The van der Waals surface area contributed by atoms with Crippen molar-refractivity contribution in [1.29, 1.82) is 0 Å². The van der Waals surface area contributed by atoms with Gasteiger partial charge in [0.1, 0.15) is 29.5 Å². The predicted molar refractivity (Wildman–Crippen MR) is 198 cm³/mol. The number of hydrazine groups is 1. The summed E-state index contributed by atoms with van der Waals surface area (Å²) < 4.78 is 43.7. The van der Waals surface area contributed by atoms with E-state index < -0.39 is 11.6 Å². The van der Waals surface area contributed by atoms with E-state index in [0.717, 1.165) is 63.5 Å². The maximum atomic E-state index is 14.7. The van der Waals surface area contributed by atoms with Crippen molar-refractivity contribution < 1.29 is 18.3 Å². The Bertz CT molecular complexity index is 1990. The van der Waals surface area contributed by atoms with Crippen molar-refractivity contribution in [2.45, 2.75) is 123 Å². The molecule has 10 rings (SSSR count). The van der Waals surface area contributed by atoms with E-state index in [1.54, 1.807) is 4.57 Å². The van der Waals surface area contributed by atoms with Crippen LogP contribution < -0.4 is 41.2 Å². The Labute approximate surface area is 307 Å². The SMILES string of the molecule is CCCn1c(OCC)nc2c(c1=O)NC(C1CCCC1)N2N1c2nc(Oc3ccc(F)c(F)c3)n(CCC)c(=O)c2NC1C12CC3CC(CC(C3)C1)C2. The third-order valence-electron chi connectivity index (χ3n) is 12.8. The minimum atomic E-state index is -1.05. The summed E-state index contributed by atoms with van der Waals surface area (Å²) in [5.74, 6) is 0.935. The lowest BCUT2D eigenvalue weighted by atomic mass is 9.48. The number of hydrogen-bond donors (Lipinski definition) is 2. The van der Waals surface area contributed by atoms with Crippen LogP contribution in [0.15, 0.2) is 27.8 Å². The fourth-order valence-electron chi connectivity index (χ4n) is 11.1. The van der Waals surface area contributed by atoms with Crippen molar-refractivity contribution >= 4 is 23.0 Å². The molecule has 0 saturated heterocycles. The Hall–Kier alpha value is -4.36. The van der Waals surface area contributed by atoms with Gasteiger partial charge in [0.15, 0.2) is 23.3 Å². The van der Waals surface area contributed by atoms with Gasteiger partial charge in [-0.25, -0.2) is 18.8 Å². The molecule has 4 heterocycles. The lowest BCUT2D eigenvalue weighted by Gasteiger charge is -2.60. The van der Waals surface area contributed by atoms with Gasteiger partial charge in [-0.3, -0.25) is 18.7 Å². The largest absolute Gasteiger partial charge is 0.465 e. The first-order chi connectivity index (χ1) is 25.7. The highest BCUT2D eigenvalue weighted by atomic mass is 19.2. The highest BCUT2D eigenvalue weighted by Gasteiger charge is 2.60. The Kier molecular flexibility index (Phi) is 8.56. The number of hydrogen-bond acceptors (Lipinski definition) is 10. The number of halogens is 2. The number of ether oxygens (including phenoxy) is 2. The Morgan fingerprint density at radius 1 is 0.792 bits per heavy atom. The van der Waals surface area contributed by atoms with E-state index in [1.807, 2.05) is 20.8 Å². The molecule has 53 heavy (non-hydrogen) atoms. The summed E-state index contributed by atoms with van der Waals surface area (Å²) in [6.45, 7) is 7.01. The van der Waals surface area contributed by atoms with Crippen molar-refractivity contribution in [2.24, 2.45) is 29.1 Å². The highest BCUT2D eigenvalue weighted by Crippen LogP contribution is 2.63. The first-order valence-electron chi connectivity index (χ1n) is 19.9. The summed E-state index contributed by atoms with van der Waals surface area (Å²) >= 11 is 0. The molecule has 284 valence electrons. The van der Waals surface area contributed by atoms with Gasteiger partial charge < -0.3 is 20.1 Å². The van der Waals surface area contributed by atoms with Crippen molar-refractivity contribution in [3.63, 3.8) is 0 Å². The molecule has 2 aromatic heterocycles. The smallest absolute Gasteiger partial charge is 0.306 e. The van der Waals surface area contributed by atoms with Crippen LogP contribution in [-0.2, 0) is 13.1 Å². The van der Waals surface area contributed by atoms with Crippen LogP contribution in [0.5, 0.6) is 17.8 Å². The summed E-state index contributed by atoms with van der Waals surface area (Å²) in [6, 6.07) is 3.56. The molecule has 2 unspecified atom stereocenters. The first-order valence-corrected chi connectivity index (χ1v) is 19.9. The van der Waals surface area contributed by atoms with Gasteiger partial charge in [-0.15, -0.1) is 0 Å². The highest BCUT2D eigenvalue weighted by molar-refractivity contribution is 5.81. The van der Waals surface area contributed by atoms with Crippen LogP contribution in [0.3, 0.4) is 0 Å². The molecular formula is C39H50F2N8O4. The minimum absolute atomic E-state index is 0.00862. The molecule has 2 N–H and O–H groups in total. The molecule has 0 amide bonds. The van der Waals surface area contributed by atoms with E-state index in [9.17, 15) is 18.4 Å². The summed E-state index contributed by atoms with van der Waals surface area (Å²) in [4.78, 5) is 39.3. The lowest BCUT2D eigenvalue weighted by molar-refractivity contribution is -0.0632. The maximum Gasteiger partial charge on any atom is 0.306 e. The van der Waals surface area contributed by atoms with Gasteiger partial charge >= 0.3 is 12.0 Å². The molecule has 0 spiro atoms. The second kappa shape index (κ2) is 13.2. The fraction of sp³-hybridized carbons (Fsp3) is 0.641. The molecule has 2 atom stereocenters. The van der Waals surface area contributed by atoms with Gasteiger partial charge in [0.05, 0.1) is 6.61 Å². The number of nitrogens with zero attached hydrogens (tertiary/aromatic N) is 6. The normalized spacial score (nSPS) is 28.3. The van der Waals surface area contributed by atoms with Crippen molar-refractivity contribution in [3.05, 3.63) is 50.5 Å². The maximum absolute atomic E-state index is 14.7. The van der Waals surface area contributed by atoms with Gasteiger partial charge in [0.25, 0.3) is 11.1 Å². The van der Waals surface area contributed by atoms with Crippen LogP contribution in [0.4, 0.5) is 31.8 Å². The van der Waals surface area contributed by atoms with Crippen molar-refractivity contribution in [3.8, 4) is 17.8 Å².